The van der Waals surface area contributed by atoms with Gasteiger partial charge in [-0.3, -0.25) is 14.2 Å². The second-order valence-electron chi connectivity index (χ2n) is 8.10. The van der Waals surface area contributed by atoms with Crippen LogP contribution in [0.4, 0.5) is 5.69 Å². The van der Waals surface area contributed by atoms with Gasteiger partial charge in [-0.15, -0.1) is 22.9 Å². The SMILES string of the molecule is COc1ccccc1CCn1cnc2sc(C)c(NC(=O)C3CCC(O)C(Cl)C3)c2c1=O. The predicted molar refractivity (Wildman–Crippen MR) is 127 cm³/mol. The Bertz CT molecular complexity index is 1190. The van der Waals surface area contributed by atoms with Crippen molar-refractivity contribution in [2.24, 2.45) is 5.92 Å². The number of aliphatic hydroxyl groups is 1. The highest BCUT2D eigenvalue weighted by Crippen LogP contribution is 2.34. The zero-order chi connectivity index (χ0) is 22.8. The number of aryl methyl sites for hydroxylation is 3. The average molecular weight is 476 g/mol. The highest BCUT2D eigenvalue weighted by molar-refractivity contribution is 7.19. The van der Waals surface area contributed by atoms with E-state index in [9.17, 15) is 14.7 Å². The molecule has 1 aliphatic rings. The highest BCUT2D eigenvalue weighted by atomic mass is 35.5. The molecular formula is C23H26ClN3O4S. The van der Waals surface area contributed by atoms with Crippen LogP contribution in [-0.4, -0.2) is 39.2 Å². The van der Waals surface area contributed by atoms with Crippen LogP contribution < -0.4 is 15.6 Å². The molecule has 170 valence electrons. The first-order valence-electron chi connectivity index (χ1n) is 10.6. The van der Waals surface area contributed by atoms with Gasteiger partial charge in [-0.05, 0) is 44.2 Å². The van der Waals surface area contributed by atoms with Gasteiger partial charge in [0.1, 0.15) is 16.0 Å². The van der Waals surface area contributed by atoms with E-state index >= 15 is 0 Å². The van der Waals surface area contributed by atoms with Crippen molar-refractivity contribution < 1.29 is 14.6 Å². The van der Waals surface area contributed by atoms with Crippen LogP contribution in [0.1, 0.15) is 29.7 Å². The van der Waals surface area contributed by atoms with Crippen molar-refractivity contribution in [1.82, 2.24) is 9.55 Å². The highest BCUT2D eigenvalue weighted by Gasteiger charge is 2.32. The quantitative estimate of drug-likeness (QED) is 0.530. The van der Waals surface area contributed by atoms with Gasteiger partial charge in [-0.1, -0.05) is 18.2 Å². The molecular weight excluding hydrogens is 450 g/mol. The number of hydrogen-bond donors (Lipinski definition) is 2. The lowest BCUT2D eigenvalue weighted by atomic mass is 9.86. The molecule has 1 aromatic carbocycles. The lowest BCUT2D eigenvalue weighted by Gasteiger charge is -2.28. The van der Waals surface area contributed by atoms with Gasteiger partial charge in [-0.2, -0.15) is 0 Å². The number of rotatable bonds is 6. The summed E-state index contributed by atoms with van der Waals surface area (Å²) < 4.78 is 6.97. The molecule has 1 saturated carbocycles. The topological polar surface area (TPSA) is 93.4 Å². The number of halogens is 1. The Hall–Kier alpha value is -2.42. The minimum absolute atomic E-state index is 0.172. The number of fused-ring (bicyclic) bond motifs is 1. The van der Waals surface area contributed by atoms with Gasteiger partial charge < -0.3 is 15.2 Å². The van der Waals surface area contributed by atoms with Crippen molar-refractivity contribution in [3.8, 4) is 5.75 Å². The van der Waals surface area contributed by atoms with Crippen molar-refractivity contribution in [2.75, 3.05) is 12.4 Å². The van der Waals surface area contributed by atoms with E-state index in [1.165, 1.54) is 11.3 Å². The number of nitrogens with zero attached hydrogens (tertiary/aromatic N) is 2. The van der Waals surface area contributed by atoms with E-state index in [0.717, 1.165) is 16.2 Å². The summed E-state index contributed by atoms with van der Waals surface area (Å²) in [6, 6.07) is 7.71. The number of hydrogen-bond acceptors (Lipinski definition) is 6. The molecule has 3 unspecified atom stereocenters. The summed E-state index contributed by atoms with van der Waals surface area (Å²) in [5.74, 6) is 0.318. The second-order valence-corrected chi connectivity index (χ2v) is 9.86. The molecule has 2 aromatic heterocycles. The van der Waals surface area contributed by atoms with Crippen LogP contribution in [0.2, 0.25) is 0 Å². The third-order valence-electron chi connectivity index (χ3n) is 6.03. The van der Waals surface area contributed by atoms with E-state index in [4.69, 9.17) is 16.3 Å². The summed E-state index contributed by atoms with van der Waals surface area (Å²) in [5, 5.41) is 12.8. The zero-order valence-electron chi connectivity index (χ0n) is 18.0. The van der Waals surface area contributed by atoms with Crippen LogP contribution in [0.15, 0.2) is 35.4 Å². The van der Waals surface area contributed by atoms with Crippen molar-refractivity contribution in [2.45, 2.75) is 50.6 Å². The maximum Gasteiger partial charge on any atom is 0.264 e. The number of nitrogens with one attached hydrogen (secondary N) is 1. The summed E-state index contributed by atoms with van der Waals surface area (Å²) in [6.07, 6.45) is 3.07. The summed E-state index contributed by atoms with van der Waals surface area (Å²) >= 11 is 7.55. The minimum atomic E-state index is -0.580. The molecule has 7 nitrogen and oxygen atoms in total. The maximum absolute atomic E-state index is 13.3. The molecule has 3 atom stereocenters. The van der Waals surface area contributed by atoms with Gasteiger partial charge in [-0.25, -0.2) is 4.98 Å². The molecule has 0 aliphatic heterocycles. The van der Waals surface area contributed by atoms with Gasteiger partial charge in [0.25, 0.3) is 5.56 Å². The van der Waals surface area contributed by atoms with Gasteiger partial charge >= 0.3 is 0 Å². The number of ether oxygens (including phenoxy) is 1. The second kappa shape index (κ2) is 9.60. The fourth-order valence-corrected chi connectivity index (χ4v) is 5.44. The lowest BCUT2D eigenvalue weighted by Crippen LogP contribution is -2.35. The molecule has 2 N–H and O–H groups in total. The monoisotopic (exact) mass is 475 g/mol. The summed E-state index contributed by atoms with van der Waals surface area (Å²) in [5.41, 5.74) is 1.35. The van der Waals surface area contributed by atoms with Crippen LogP contribution in [0.5, 0.6) is 5.75 Å². The standard InChI is InChI=1S/C23H26ClN3O4S/c1-13-20(26-21(29)15-7-8-17(28)16(24)11-15)19-22(32-13)25-12-27(23(19)30)10-9-14-5-3-4-6-18(14)31-2/h3-6,12,15-17,28H,7-11H2,1-2H3,(H,26,29). The van der Waals surface area contributed by atoms with Crippen LogP contribution in [-0.2, 0) is 17.8 Å². The van der Waals surface area contributed by atoms with Crippen molar-refractivity contribution in [3.05, 3.63) is 51.4 Å². The Morgan fingerprint density at radius 2 is 2.16 bits per heavy atom. The van der Waals surface area contributed by atoms with Crippen molar-refractivity contribution in [1.29, 1.82) is 0 Å². The first-order chi connectivity index (χ1) is 15.4. The Labute approximate surface area is 195 Å². The Morgan fingerprint density at radius 1 is 1.38 bits per heavy atom. The average Bonchev–Trinajstić information content (AvgIpc) is 3.11. The molecule has 1 fully saturated rings. The minimum Gasteiger partial charge on any atom is -0.496 e. The summed E-state index contributed by atoms with van der Waals surface area (Å²) in [4.78, 5) is 32.1. The van der Waals surface area contributed by atoms with Crippen LogP contribution in [0.25, 0.3) is 10.2 Å². The number of amides is 1. The van der Waals surface area contributed by atoms with Crippen molar-refractivity contribution >= 4 is 44.7 Å². The van der Waals surface area contributed by atoms with Gasteiger partial charge in [0.15, 0.2) is 0 Å². The number of carbonyl (C=O) groups excluding carboxylic acids is 1. The molecule has 3 aromatic rings. The van der Waals surface area contributed by atoms with E-state index in [0.29, 0.717) is 48.1 Å². The van der Waals surface area contributed by atoms with Gasteiger partial charge in [0, 0.05) is 17.3 Å². The number of methoxy groups -OCH3 is 1. The molecule has 0 saturated heterocycles. The normalized spacial score (nSPS) is 20.9. The van der Waals surface area contributed by atoms with E-state index in [2.05, 4.69) is 10.3 Å². The first-order valence-corrected chi connectivity index (χ1v) is 11.9. The van der Waals surface area contributed by atoms with Gasteiger partial charge in [0.05, 0.1) is 30.6 Å². The molecule has 0 radical (unpaired) electrons. The Balaban J connectivity index is 1.58. The lowest BCUT2D eigenvalue weighted by molar-refractivity contribution is -0.121. The third kappa shape index (κ3) is 4.53. The van der Waals surface area contributed by atoms with Crippen LogP contribution in [0.3, 0.4) is 0 Å². The number of alkyl halides is 1. The number of para-hydroxylation sites is 1. The largest absolute Gasteiger partial charge is 0.496 e. The van der Waals surface area contributed by atoms with Gasteiger partial charge in [0.2, 0.25) is 5.91 Å². The number of benzene rings is 1. The smallest absolute Gasteiger partial charge is 0.264 e. The fraction of sp³-hybridized carbons (Fsp3) is 0.435. The number of carbonyl (C=O) groups is 1. The molecule has 2 heterocycles. The van der Waals surface area contributed by atoms with Crippen LogP contribution in [0, 0.1) is 12.8 Å². The maximum atomic E-state index is 13.3. The molecule has 0 spiro atoms. The predicted octanol–water partition coefficient (Wildman–Crippen LogP) is 3.72. The third-order valence-corrected chi connectivity index (χ3v) is 7.51. The summed E-state index contributed by atoms with van der Waals surface area (Å²) in [7, 11) is 1.63. The Kier molecular flexibility index (Phi) is 6.83. The molecule has 32 heavy (non-hydrogen) atoms. The van der Waals surface area contributed by atoms with E-state index in [1.807, 2.05) is 31.2 Å². The van der Waals surface area contributed by atoms with E-state index < -0.39 is 11.5 Å². The molecule has 9 heteroatoms. The summed E-state index contributed by atoms with van der Waals surface area (Å²) in [6.45, 7) is 2.31. The number of aliphatic hydroxyl groups excluding tert-OH is 1. The van der Waals surface area contributed by atoms with Crippen molar-refractivity contribution in [3.63, 3.8) is 0 Å². The van der Waals surface area contributed by atoms with Crippen LogP contribution >= 0.6 is 22.9 Å². The molecule has 1 amide bonds. The number of aromatic nitrogens is 2. The van der Waals surface area contributed by atoms with E-state index in [-0.39, 0.29) is 17.4 Å². The number of thiophene rings is 1. The van der Waals surface area contributed by atoms with E-state index in [1.54, 1.807) is 18.0 Å². The number of anilines is 1. The molecule has 4 rings (SSSR count). The zero-order valence-corrected chi connectivity index (χ0v) is 19.6. The molecule has 0 bridgehead atoms. The fourth-order valence-electron chi connectivity index (χ4n) is 4.16. The molecule has 1 aliphatic carbocycles. The Morgan fingerprint density at radius 3 is 2.91 bits per heavy atom. The first kappa shape index (κ1) is 22.8.